The first-order chi connectivity index (χ1) is 9.04. The van der Waals surface area contributed by atoms with Crippen molar-refractivity contribution in [2.24, 2.45) is 5.73 Å². The highest BCUT2D eigenvalue weighted by Gasteiger charge is 2.06. The van der Waals surface area contributed by atoms with E-state index in [1.807, 2.05) is 25.1 Å². The Morgan fingerprint density at radius 2 is 2.21 bits per heavy atom. The highest BCUT2D eigenvalue weighted by atomic mass is 32.1. The van der Waals surface area contributed by atoms with E-state index in [0.29, 0.717) is 0 Å². The summed E-state index contributed by atoms with van der Waals surface area (Å²) in [6.45, 7) is 3.67. The predicted octanol–water partition coefficient (Wildman–Crippen LogP) is 2.37. The highest BCUT2D eigenvalue weighted by molar-refractivity contribution is 7.09. The molecule has 0 spiro atoms. The van der Waals surface area contributed by atoms with Crippen molar-refractivity contribution in [3.05, 3.63) is 51.5 Å². The van der Waals surface area contributed by atoms with Crippen molar-refractivity contribution in [1.29, 1.82) is 5.41 Å². The fourth-order valence-electron chi connectivity index (χ4n) is 1.91. The van der Waals surface area contributed by atoms with Gasteiger partial charge in [0.2, 0.25) is 0 Å². The predicted molar refractivity (Wildman–Crippen MR) is 79.5 cm³/mol. The van der Waals surface area contributed by atoms with Crippen LogP contribution < -0.4 is 5.73 Å². The Kier molecular flexibility index (Phi) is 4.29. The fourth-order valence-corrected chi connectivity index (χ4v) is 2.76. The normalized spacial score (nSPS) is 10.9. The molecule has 19 heavy (non-hydrogen) atoms. The zero-order chi connectivity index (χ0) is 13.8. The van der Waals surface area contributed by atoms with Gasteiger partial charge in [-0.2, -0.15) is 0 Å². The molecule has 1 aromatic heterocycles. The molecule has 0 unspecified atom stereocenters. The van der Waals surface area contributed by atoms with Gasteiger partial charge in [-0.15, -0.1) is 11.3 Å². The lowest BCUT2D eigenvalue weighted by atomic mass is 10.1. The third kappa shape index (κ3) is 3.87. The van der Waals surface area contributed by atoms with Gasteiger partial charge in [0.25, 0.3) is 0 Å². The van der Waals surface area contributed by atoms with Crippen LogP contribution in [0.5, 0.6) is 0 Å². The van der Waals surface area contributed by atoms with E-state index in [0.717, 1.165) is 34.9 Å². The summed E-state index contributed by atoms with van der Waals surface area (Å²) in [4.78, 5) is 6.67. The molecule has 0 radical (unpaired) electrons. The van der Waals surface area contributed by atoms with E-state index in [4.69, 9.17) is 11.1 Å². The van der Waals surface area contributed by atoms with E-state index >= 15 is 0 Å². The van der Waals surface area contributed by atoms with E-state index in [9.17, 15) is 0 Å². The molecule has 0 aliphatic heterocycles. The van der Waals surface area contributed by atoms with Gasteiger partial charge in [-0.3, -0.25) is 10.3 Å². The Balaban J connectivity index is 2.00. The Bertz CT molecular complexity index is 576. The number of hydrogen-bond donors (Lipinski definition) is 2. The van der Waals surface area contributed by atoms with Gasteiger partial charge >= 0.3 is 0 Å². The van der Waals surface area contributed by atoms with Crippen molar-refractivity contribution in [2.75, 3.05) is 7.05 Å². The van der Waals surface area contributed by atoms with Crippen molar-refractivity contribution in [1.82, 2.24) is 9.88 Å². The number of nitrogen functional groups attached to an aromatic ring is 1. The second kappa shape index (κ2) is 5.95. The smallest absolute Gasteiger partial charge is 0.122 e. The standard InChI is InChI=1S/C14H18N4S/c1-10-9-19-13(17-10)8-18(2)7-11-4-3-5-12(6-11)14(15)16/h3-6,9H,7-8H2,1-2H3,(H3,15,16). The summed E-state index contributed by atoms with van der Waals surface area (Å²) in [7, 11) is 2.07. The van der Waals surface area contributed by atoms with Crippen LogP contribution in [-0.2, 0) is 13.1 Å². The number of hydrogen-bond acceptors (Lipinski definition) is 4. The molecule has 4 nitrogen and oxygen atoms in total. The molecule has 1 heterocycles. The van der Waals surface area contributed by atoms with Crippen molar-refractivity contribution in [3.8, 4) is 0 Å². The molecule has 0 saturated heterocycles. The van der Waals surface area contributed by atoms with Crippen LogP contribution in [-0.4, -0.2) is 22.8 Å². The molecule has 0 saturated carbocycles. The number of amidine groups is 1. The quantitative estimate of drug-likeness (QED) is 0.650. The lowest BCUT2D eigenvalue weighted by molar-refractivity contribution is 0.318. The van der Waals surface area contributed by atoms with Crippen molar-refractivity contribution in [2.45, 2.75) is 20.0 Å². The Morgan fingerprint density at radius 3 is 2.84 bits per heavy atom. The van der Waals surface area contributed by atoms with E-state index in [2.05, 4.69) is 28.4 Å². The topological polar surface area (TPSA) is 66.0 Å². The average Bonchev–Trinajstić information content (AvgIpc) is 2.74. The minimum atomic E-state index is 0.111. The van der Waals surface area contributed by atoms with Crippen molar-refractivity contribution < 1.29 is 0 Å². The summed E-state index contributed by atoms with van der Waals surface area (Å²) in [6.07, 6.45) is 0. The number of aromatic nitrogens is 1. The van der Waals surface area contributed by atoms with Gasteiger partial charge in [0.05, 0.1) is 6.54 Å². The molecule has 2 rings (SSSR count). The number of thiazole rings is 1. The van der Waals surface area contributed by atoms with E-state index < -0.39 is 0 Å². The summed E-state index contributed by atoms with van der Waals surface area (Å²) >= 11 is 1.69. The lowest BCUT2D eigenvalue weighted by Gasteiger charge is -2.15. The van der Waals surface area contributed by atoms with Crippen molar-refractivity contribution in [3.63, 3.8) is 0 Å². The molecule has 0 aliphatic carbocycles. The molecule has 3 N–H and O–H groups in total. The largest absolute Gasteiger partial charge is 0.384 e. The molecule has 100 valence electrons. The summed E-state index contributed by atoms with van der Waals surface area (Å²) in [5.41, 5.74) is 8.51. The maximum absolute atomic E-state index is 7.45. The van der Waals surface area contributed by atoms with E-state index in [-0.39, 0.29) is 5.84 Å². The molecule has 0 fully saturated rings. The zero-order valence-electron chi connectivity index (χ0n) is 11.2. The lowest BCUT2D eigenvalue weighted by Crippen LogP contribution is -2.18. The average molecular weight is 274 g/mol. The Labute approximate surface area is 117 Å². The minimum Gasteiger partial charge on any atom is -0.384 e. The summed E-state index contributed by atoms with van der Waals surface area (Å²) in [5.74, 6) is 0.111. The molecule has 0 aliphatic rings. The van der Waals surface area contributed by atoms with Crippen LogP contribution in [0.15, 0.2) is 29.6 Å². The third-order valence-corrected chi connectivity index (χ3v) is 3.71. The highest BCUT2D eigenvalue weighted by Crippen LogP contribution is 2.13. The molecule has 0 bridgehead atoms. The van der Waals surface area contributed by atoms with Crippen LogP contribution in [0.3, 0.4) is 0 Å². The Hall–Kier alpha value is -1.72. The minimum absolute atomic E-state index is 0.111. The molecule has 2 aromatic rings. The molecule has 5 heteroatoms. The molecular formula is C14H18N4S. The van der Waals surface area contributed by atoms with E-state index in [1.165, 1.54) is 0 Å². The number of nitrogens with two attached hydrogens (primary N) is 1. The van der Waals surface area contributed by atoms with Crippen LogP contribution >= 0.6 is 11.3 Å². The third-order valence-electron chi connectivity index (χ3n) is 2.76. The molecule has 1 aromatic carbocycles. The van der Waals surface area contributed by atoms with Gasteiger partial charge in [-0.1, -0.05) is 18.2 Å². The van der Waals surface area contributed by atoms with Crippen LogP contribution in [0.25, 0.3) is 0 Å². The second-order valence-electron chi connectivity index (χ2n) is 4.67. The zero-order valence-corrected chi connectivity index (χ0v) is 12.0. The second-order valence-corrected chi connectivity index (χ2v) is 5.61. The first-order valence-electron chi connectivity index (χ1n) is 6.07. The number of nitrogens with zero attached hydrogens (tertiary/aromatic N) is 2. The van der Waals surface area contributed by atoms with Crippen LogP contribution in [0, 0.1) is 12.3 Å². The van der Waals surface area contributed by atoms with Crippen LogP contribution in [0.1, 0.15) is 21.8 Å². The monoisotopic (exact) mass is 274 g/mol. The van der Waals surface area contributed by atoms with Gasteiger partial charge in [0.15, 0.2) is 0 Å². The summed E-state index contributed by atoms with van der Waals surface area (Å²) in [5, 5.41) is 10.6. The SMILES string of the molecule is Cc1csc(CN(C)Cc2cccc(C(=N)N)c2)n1. The maximum Gasteiger partial charge on any atom is 0.122 e. The maximum atomic E-state index is 7.45. The summed E-state index contributed by atoms with van der Waals surface area (Å²) < 4.78 is 0. The van der Waals surface area contributed by atoms with Gasteiger partial charge < -0.3 is 5.73 Å². The molecule has 0 amide bonds. The number of nitrogens with one attached hydrogen (secondary N) is 1. The first-order valence-corrected chi connectivity index (χ1v) is 6.95. The van der Waals surface area contributed by atoms with Gasteiger partial charge in [0, 0.05) is 23.2 Å². The molecule has 0 atom stereocenters. The number of benzene rings is 1. The number of aryl methyl sites for hydroxylation is 1. The van der Waals surface area contributed by atoms with Gasteiger partial charge in [-0.05, 0) is 25.6 Å². The first kappa shape index (κ1) is 13.7. The van der Waals surface area contributed by atoms with E-state index in [1.54, 1.807) is 11.3 Å². The molecular weight excluding hydrogens is 256 g/mol. The fraction of sp³-hybridized carbons (Fsp3) is 0.286. The van der Waals surface area contributed by atoms with Crippen LogP contribution in [0.2, 0.25) is 0 Å². The van der Waals surface area contributed by atoms with Crippen molar-refractivity contribution >= 4 is 17.2 Å². The van der Waals surface area contributed by atoms with Gasteiger partial charge in [-0.25, -0.2) is 4.98 Å². The number of rotatable bonds is 5. The Morgan fingerprint density at radius 1 is 1.42 bits per heavy atom. The van der Waals surface area contributed by atoms with Gasteiger partial charge in [0.1, 0.15) is 10.8 Å². The van der Waals surface area contributed by atoms with Crippen LogP contribution in [0.4, 0.5) is 0 Å². The summed E-state index contributed by atoms with van der Waals surface area (Å²) in [6, 6.07) is 7.81.